The molecule has 2 aromatic rings. The number of ether oxygens (including phenoxy) is 1. The van der Waals surface area contributed by atoms with Gasteiger partial charge in [-0.1, -0.05) is 0 Å². The first kappa shape index (κ1) is 16.6. The van der Waals surface area contributed by atoms with Crippen molar-refractivity contribution in [2.75, 3.05) is 12.9 Å². The van der Waals surface area contributed by atoms with Gasteiger partial charge >= 0.3 is 0 Å². The number of carbonyl (C=O) groups is 1. The Kier molecular flexibility index (Phi) is 4.75. The molecular formula is C15H13NO6S. The minimum atomic E-state index is -3.80. The zero-order valence-electron chi connectivity index (χ0n) is 12.1. The van der Waals surface area contributed by atoms with Crippen LogP contribution in [-0.4, -0.2) is 32.0 Å². The van der Waals surface area contributed by atoms with E-state index in [-0.39, 0.29) is 16.1 Å². The van der Waals surface area contributed by atoms with Crippen LogP contribution in [0.4, 0.5) is 5.69 Å². The Morgan fingerprint density at radius 1 is 1.09 bits per heavy atom. The van der Waals surface area contributed by atoms with E-state index in [4.69, 9.17) is 4.74 Å². The number of benzene rings is 2. The van der Waals surface area contributed by atoms with E-state index >= 15 is 0 Å². The Morgan fingerprint density at radius 3 is 2.13 bits per heavy atom. The van der Waals surface area contributed by atoms with Gasteiger partial charge in [0.15, 0.2) is 15.6 Å². The Bertz CT molecular complexity index is 825. The number of nitro benzene ring substituents is 1. The molecule has 0 aliphatic rings. The maximum atomic E-state index is 12.2. The monoisotopic (exact) mass is 335 g/mol. The molecule has 2 aromatic carbocycles. The van der Waals surface area contributed by atoms with Gasteiger partial charge in [-0.25, -0.2) is 8.42 Å². The molecule has 0 fully saturated rings. The van der Waals surface area contributed by atoms with Gasteiger partial charge in [-0.3, -0.25) is 14.9 Å². The largest absolute Gasteiger partial charge is 0.497 e. The van der Waals surface area contributed by atoms with Crippen LogP contribution in [0.5, 0.6) is 5.75 Å². The van der Waals surface area contributed by atoms with Crippen LogP contribution in [0, 0.1) is 10.1 Å². The summed E-state index contributed by atoms with van der Waals surface area (Å²) in [6.45, 7) is 0. The van der Waals surface area contributed by atoms with Crippen molar-refractivity contribution >= 4 is 21.3 Å². The molecule has 0 radical (unpaired) electrons. The number of carbonyl (C=O) groups excluding carboxylic acids is 1. The number of Topliss-reactive ketones (excluding diaryl/α,β-unsaturated/α-hetero) is 1. The van der Waals surface area contributed by atoms with Crippen LogP contribution >= 0.6 is 0 Å². The fraction of sp³-hybridized carbons (Fsp3) is 0.133. The molecule has 0 spiro atoms. The molecule has 0 saturated carbocycles. The maximum Gasteiger partial charge on any atom is 0.269 e. The van der Waals surface area contributed by atoms with Crippen molar-refractivity contribution in [3.8, 4) is 5.75 Å². The highest BCUT2D eigenvalue weighted by molar-refractivity contribution is 7.92. The molecule has 7 nitrogen and oxygen atoms in total. The van der Waals surface area contributed by atoms with Gasteiger partial charge in [0.1, 0.15) is 11.5 Å². The van der Waals surface area contributed by atoms with E-state index in [1.807, 2.05) is 0 Å². The fourth-order valence-corrected chi connectivity index (χ4v) is 3.12. The summed E-state index contributed by atoms with van der Waals surface area (Å²) in [4.78, 5) is 22.0. The fourth-order valence-electron chi connectivity index (χ4n) is 1.89. The quantitative estimate of drug-likeness (QED) is 0.456. The Morgan fingerprint density at radius 2 is 1.65 bits per heavy atom. The first-order valence-electron chi connectivity index (χ1n) is 6.48. The number of hydrogen-bond acceptors (Lipinski definition) is 6. The van der Waals surface area contributed by atoms with Gasteiger partial charge in [0.05, 0.1) is 16.9 Å². The average Bonchev–Trinajstić information content (AvgIpc) is 2.54. The number of hydrogen-bond donors (Lipinski definition) is 0. The molecular weight excluding hydrogens is 322 g/mol. The highest BCUT2D eigenvalue weighted by Gasteiger charge is 2.21. The molecule has 120 valence electrons. The molecule has 0 atom stereocenters. The van der Waals surface area contributed by atoms with Crippen LogP contribution in [0.15, 0.2) is 53.4 Å². The molecule has 0 saturated heterocycles. The second-order valence-electron chi connectivity index (χ2n) is 4.66. The van der Waals surface area contributed by atoms with Crippen molar-refractivity contribution in [1.82, 2.24) is 0 Å². The first-order valence-corrected chi connectivity index (χ1v) is 8.13. The zero-order chi connectivity index (χ0) is 17.0. The van der Waals surface area contributed by atoms with Crippen molar-refractivity contribution in [3.05, 3.63) is 64.2 Å². The van der Waals surface area contributed by atoms with Crippen LogP contribution < -0.4 is 4.74 Å². The molecule has 0 N–H and O–H groups in total. The predicted octanol–water partition coefficient (Wildman–Crippen LogP) is 2.26. The van der Waals surface area contributed by atoms with E-state index in [9.17, 15) is 23.3 Å². The Hall–Kier alpha value is -2.74. The number of nitrogens with zero attached hydrogens (tertiary/aromatic N) is 1. The van der Waals surface area contributed by atoms with Crippen LogP contribution in [0.1, 0.15) is 10.4 Å². The smallest absolute Gasteiger partial charge is 0.269 e. The summed E-state index contributed by atoms with van der Waals surface area (Å²) in [5.41, 5.74) is -0.0627. The molecule has 2 rings (SSSR count). The van der Waals surface area contributed by atoms with Gasteiger partial charge in [-0.2, -0.15) is 0 Å². The molecule has 0 aliphatic heterocycles. The topological polar surface area (TPSA) is 104 Å². The molecule has 0 aliphatic carbocycles. The van der Waals surface area contributed by atoms with Gasteiger partial charge in [0.25, 0.3) is 5.69 Å². The molecule has 0 amide bonds. The van der Waals surface area contributed by atoms with Gasteiger partial charge in [0, 0.05) is 17.7 Å². The maximum absolute atomic E-state index is 12.2. The first-order chi connectivity index (χ1) is 10.8. The minimum absolute atomic E-state index is 0.00793. The minimum Gasteiger partial charge on any atom is -0.497 e. The van der Waals surface area contributed by atoms with Gasteiger partial charge in [-0.05, 0) is 36.4 Å². The third-order valence-electron chi connectivity index (χ3n) is 3.14. The normalized spacial score (nSPS) is 11.0. The highest BCUT2D eigenvalue weighted by Crippen LogP contribution is 2.18. The highest BCUT2D eigenvalue weighted by atomic mass is 32.2. The summed E-state index contributed by atoms with van der Waals surface area (Å²) in [5, 5.41) is 10.6. The zero-order valence-corrected chi connectivity index (χ0v) is 12.9. The molecule has 8 heteroatoms. The van der Waals surface area contributed by atoms with Crippen LogP contribution in [-0.2, 0) is 9.84 Å². The summed E-state index contributed by atoms with van der Waals surface area (Å²) in [5.74, 6) is -0.835. The third-order valence-corrected chi connectivity index (χ3v) is 4.77. The number of nitro groups is 1. The summed E-state index contributed by atoms with van der Waals surface area (Å²) < 4.78 is 29.4. The number of sulfone groups is 1. The third kappa shape index (κ3) is 3.92. The van der Waals surface area contributed by atoms with Crippen molar-refractivity contribution < 1.29 is 22.9 Å². The lowest BCUT2D eigenvalue weighted by Gasteiger charge is -2.05. The van der Waals surface area contributed by atoms with E-state index in [0.717, 1.165) is 12.1 Å². The van der Waals surface area contributed by atoms with E-state index in [0.29, 0.717) is 5.75 Å². The van der Waals surface area contributed by atoms with Gasteiger partial charge in [-0.15, -0.1) is 0 Å². The lowest BCUT2D eigenvalue weighted by Crippen LogP contribution is -2.16. The number of rotatable bonds is 6. The average molecular weight is 335 g/mol. The predicted molar refractivity (Wildman–Crippen MR) is 82.5 cm³/mol. The Balaban J connectivity index is 2.18. The molecule has 0 aromatic heterocycles. The van der Waals surface area contributed by atoms with Gasteiger partial charge < -0.3 is 4.74 Å². The van der Waals surface area contributed by atoms with Crippen LogP contribution in [0.3, 0.4) is 0 Å². The molecule has 0 bridgehead atoms. The van der Waals surface area contributed by atoms with E-state index < -0.39 is 26.3 Å². The van der Waals surface area contributed by atoms with Crippen molar-refractivity contribution in [1.29, 1.82) is 0 Å². The summed E-state index contributed by atoms with van der Waals surface area (Å²) >= 11 is 0. The van der Waals surface area contributed by atoms with Crippen molar-refractivity contribution in [2.24, 2.45) is 0 Å². The summed E-state index contributed by atoms with van der Waals surface area (Å²) in [6.07, 6.45) is 0. The lowest BCUT2D eigenvalue weighted by atomic mass is 10.1. The Labute approximate surface area is 132 Å². The number of non-ortho nitro benzene ring substituents is 1. The van der Waals surface area contributed by atoms with Crippen LogP contribution in [0.2, 0.25) is 0 Å². The van der Waals surface area contributed by atoms with E-state index in [1.165, 1.54) is 43.5 Å². The molecule has 0 heterocycles. The SMILES string of the molecule is COc1ccc(S(=O)(=O)CC(=O)c2ccc([N+](=O)[O-])cc2)cc1. The molecule has 23 heavy (non-hydrogen) atoms. The molecule has 0 unspecified atom stereocenters. The lowest BCUT2D eigenvalue weighted by molar-refractivity contribution is -0.384. The van der Waals surface area contributed by atoms with E-state index in [1.54, 1.807) is 0 Å². The van der Waals surface area contributed by atoms with E-state index in [2.05, 4.69) is 0 Å². The van der Waals surface area contributed by atoms with Crippen LogP contribution in [0.25, 0.3) is 0 Å². The van der Waals surface area contributed by atoms with Crippen molar-refractivity contribution in [2.45, 2.75) is 4.90 Å². The second kappa shape index (κ2) is 6.57. The summed E-state index contributed by atoms with van der Waals surface area (Å²) in [6, 6.07) is 10.5. The van der Waals surface area contributed by atoms with Crippen molar-refractivity contribution in [3.63, 3.8) is 0 Å². The number of methoxy groups -OCH3 is 1. The number of ketones is 1. The second-order valence-corrected chi connectivity index (χ2v) is 6.65. The summed E-state index contributed by atoms with van der Waals surface area (Å²) in [7, 11) is -2.34. The standard InChI is InChI=1S/C15H13NO6S/c1-22-13-6-8-14(9-7-13)23(20,21)10-15(17)11-2-4-12(5-3-11)16(18)19/h2-9H,10H2,1H3. The van der Waals surface area contributed by atoms with Gasteiger partial charge in [0.2, 0.25) is 0 Å².